The highest BCUT2D eigenvalue weighted by Crippen LogP contribution is 2.36. The smallest absolute Gasteiger partial charge is 0.231 e. The first kappa shape index (κ1) is 12.6. The lowest BCUT2D eigenvalue weighted by Crippen LogP contribution is -2.43. The minimum atomic E-state index is -0.735. The summed E-state index contributed by atoms with van der Waals surface area (Å²) in [5.41, 5.74) is 0.321. The molecule has 104 valence electrons. The topological polar surface area (TPSA) is 54.0 Å². The van der Waals surface area contributed by atoms with E-state index in [0.29, 0.717) is 19.1 Å². The van der Waals surface area contributed by atoms with Gasteiger partial charge in [0.2, 0.25) is 6.79 Å². The van der Waals surface area contributed by atoms with Crippen LogP contribution in [0.5, 0.6) is 11.5 Å². The van der Waals surface area contributed by atoms with Crippen molar-refractivity contribution >= 4 is 5.69 Å². The molecule has 1 fully saturated rings. The van der Waals surface area contributed by atoms with Gasteiger partial charge in [0.15, 0.2) is 11.5 Å². The standard InChI is InChI=1S/C14H20N2O3/c1-10-6-16(8-14(2,17)7-15-10)11-3-4-12-13(5-11)19-9-18-12/h3-5,10,15,17H,6-9H2,1-2H3. The third kappa shape index (κ3) is 2.62. The van der Waals surface area contributed by atoms with Crippen LogP contribution in [0.15, 0.2) is 18.2 Å². The van der Waals surface area contributed by atoms with E-state index in [1.54, 1.807) is 0 Å². The largest absolute Gasteiger partial charge is 0.454 e. The van der Waals surface area contributed by atoms with Gasteiger partial charge in [0.25, 0.3) is 0 Å². The van der Waals surface area contributed by atoms with Crippen LogP contribution in [0, 0.1) is 0 Å². The molecule has 0 saturated carbocycles. The summed E-state index contributed by atoms with van der Waals surface area (Å²) < 4.78 is 10.7. The highest BCUT2D eigenvalue weighted by Gasteiger charge is 2.29. The zero-order valence-electron chi connectivity index (χ0n) is 11.3. The Morgan fingerprint density at radius 2 is 2.16 bits per heavy atom. The first-order valence-corrected chi connectivity index (χ1v) is 6.64. The molecule has 3 rings (SSSR count). The molecule has 0 aliphatic carbocycles. The van der Waals surface area contributed by atoms with Crippen LogP contribution < -0.4 is 19.7 Å². The average Bonchev–Trinajstić information content (AvgIpc) is 2.77. The highest BCUT2D eigenvalue weighted by atomic mass is 16.7. The van der Waals surface area contributed by atoms with Crippen molar-refractivity contribution in [3.8, 4) is 11.5 Å². The predicted molar refractivity (Wildman–Crippen MR) is 72.9 cm³/mol. The number of nitrogens with one attached hydrogen (secondary N) is 1. The second-order valence-electron chi connectivity index (χ2n) is 5.70. The number of fused-ring (bicyclic) bond motifs is 1. The maximum absolute atomic E-state index is 10.3. The molecule has 0 spiro atoms. The molecular formula is C14H20N2O3. The minimum absolute atomic E-state index is 0.286. The SMILES string of the molecule is CC1CN(c2ccc3c(c2)OCO3)CC(C)(O)CN1. The molecule has 0 radical (unpaired) electrons. The van der Waals surface area contributed by atoms with Gasteiger partial charge in [0.05, 0.1) is 5.60 Å². The summed E-state index contributed by atoms with van der Waals surface area (Å²) in [4.78, 5) is 2.19. The Kier molecular flexibility index (Phi) is 3.03. The number of rotatable bonds is 1. The van der Waals surface area contributed by atoms with E-state index >= 15 is 0 Å². The van der Waals surface area contributed by atoms with E-state index in [4.69, 9.17) is 9.47 Å². The number of ether oxygens (including phenoxy) is 2. The first-order chi connectivity index (χ1) is 9.03. The van der Waals surface area contributed by atoms with Gasteiger partial charge in [0, 0.05) is 37.4 Å². The van der Waals surface area contributed by atoms with Gasteiger partial charge in [-0.2, -0.15) is 0 Å². The highest BCUT2D eigenvalue weighted by molar-refractivity contribution is 5.57. The van der Waals surface area contributed by atoms with Crippen molar-refractivity contribution in [1.29, 1.82) is 0 Å². The Morgan fingerprint density at radius 3 is 3.00 bits per heavy atom. The molecule has 2 N–H and O–H groups in total. The fourth-order valence-corrected chi connectivity index (χ4v) is 2.60. The molecule has 2 atom stereocenters. The first-order valence-electron chi connectivity index (χ1n) is 6.64. The second kappa shape index (κ2) is 4.58. The number of benzene rings is 1. The van der Waals surface area contributed by atoms with Crippen LogP contribution in [-0.4, -0.2) is 43.2 Å². The van der Waals surface area contributed by atoms with E-state index in [1.165, 1.54) is 0 Å². The molecule has 2 unspecified atom stereocenters. The predicted octanol–water partition coefficient (Wildman–Crippen LogP) is 0.964. The van der Waals surface area contributed by atoms with Crippen molar-refractivity contribution in [2.75, 3.05) is 31.3 Å². The van der Waals surface area contributed by atoms with Crippen LogP contribution in [0.25, 0.3) is 0 Å². The van der Waals surface area contributed by atoms with E-state index in [9.17, 15) is 5.11 Å². The molecule has 1 aromatic carbocycles. The average molecular weight is 264 g/mol. The summed E-state index contributed by atoms with van der Waals surface area (Å²) in [5, 5.41) is 13.7. The van der Waals surface area contributed by atoms with Crippen LogP contribution in [0.1, 0.15) is 13.8 Å². The molecule has 2 aliphatic heterocycles. The second-order valence-corrected chi connectivity index (χ2v) is 5.70. The lowest BCUT2D eigenvalue weighted by atomic mass is 10.1. The summed E-state index contributed by atoms with van der Waals surface area (Å²) in [5.74, 6) is 1.57. The number of hydrogen-bond donors (Lipinski definition) is 2. The minimum Gasteiger partial charge on any atom is -0.454 e. The number of nitrogens with zero attached hydrogens (tertiary/aromatic N) is 1. The Labute approximate surface area is 113 Å². The molecule has 1 aromatic rings. The molecule has 2 heterocycles. The van der Waals surface area contributed by atoms with Gasteiger partial charge in [-0.05, 0) is 26.0 Å². The molecule has 0 bridgehead atoms. The molecular weight excluding hydrogens is 244 g/mol. The van der Waals surface area contributed by atoms with Crippen LogP contribution in [0.4, 0.5) is 5.69 Å². The molecule has 5 heteroatoms. The van der Waals surface area contributed by atoms with E-state index in [1.807, 2.05) is 25.1 Å². The fraction of sp³-hybridized carbons (Fsp3) is 0.571. The van der Waals surface area contributed by atoms with Gasteiger partial charge >= 0.3 is 0 Å². The maximum atomic E-state index is 10.3. The number of β-amino-alcohol motifs (C(OH)–C–C–N with tert-alkyl or cyclic N) is 1. The van der Waals surface area contributed by atoms with E-state index in [-0.39, 0.29) is 6.79 Å². The lowest BCUT2D eigenvalue weighted by Gasteiger charge is -2.30. The van der Waals surface area contributed by atoms with Crippen molar-refractivity contribution in [2.24, 2.45) is 0 Å². The van der Waals surface area contributed by atoms with Crippen molar-refractivity contribution in [3.05, 3.63) is 18.2 Å². The zero-order chi connectivity index (χ0) is 13.5. The van der Waals surface area contributed by atoms with Gasteiger partial charge in [-0.25, -0.2) is 0 Å². The Morgan fingerprint density at radius 1 is 1.37 bits per heavy atom. The van der Waals surface area contributed by atoms with Crippen molar-refractivity contribution in [2.45, 2.75) is 25.5 Å². The molecule has 5 nitrogen and oxygen atoms in total. The third-order valence-corrected chi connectivity index (χ3v) is 3.58. The zero-order valence-corrected chi connectivity index (χ0v) is 11.3. The van der Waals surface area contributed by atoms with Crippen LogP contribution >= 0.6 is 0 Å². The Hall–Kier alpha value is -1.46. The van der Waals surface area contributed by atoms with Gasteiger partial charge < -0.3 is 24.8 Å². The molecule has 19 heavy (non-hydrogen) atoms. The quantitative estimate of drug-likeness (QED) is 0.791. The van der Waals surface area contributed by atoms with E-state index in [0.717, 1.165) is 23.7 Å². The van der Waals surface area contributed by atoms with E-state index < -0.39 is 5.60 Å². The molecule has 1 saturated heterocycles. The molecule has 0 amide bonds. The third-order valence-electron chi connectivity index (χ3n) is 3.58. The maximum Gasteiger partial charge on any atom is 0.231 e. The van der Waals surface area contributed by atoms with E-state index in [2.05, 4.69) is 17.1 Å². The fourth-order valence-electron chi connectivity index (χ4n) is 2.60. The normalized spacial score (nSPS) is 30.3. The van der Waals surface area contributed by atoms with Crippen LogP contribution in [0.3, 0.4) is 0 Å². The summed E-state index contributed by atoms with van der Waals surface area (Å²) in [6.07, 6.45) is 0. The van der Waals surface area contributed by atoms with Crippen molar-refractivity contribution in [1.82, 2.24) is 5.32 Å². The van der Waals surface area contributed by atoms with Gasteiger partial charge in [-0.1, -0.05) is 0 Å². The lowest BCUT2D eigenvalue weighted by molar-refractivity contribution is 0.0718. The number of hydrogen-bond acceptors (Lipinski definition) is 5. The summed E-state index contributed by atoms with van der Waals surface area (Å²) in [6, 6.07) is 6.26. The number of anilines is 1. The van der Waals surface area contributed by atoms with Crippen molar-refractivity contribution in [3.63, 3.8) is 0 Å². The molecule has 0 aromatic heterocycles. The van der Waals surface area contributed by atoms with Crippen LogP contribution in [-0.2, 0) is 0 Å². The molecule has 2 aliphatic rings. The van der Waals surface area contributed by atoms with Gasteiger partial charge in [-0.3, -0.25) is 0 Å². The summed E-state index contributed by atoms with van der Waals surface area (Å²) in [6.45, 7) is 6.34. The van der Waals surface area contributed by atoms with Crippen LogP contribution in [0.2, 0.25) is 0 Å². The summed E-state index contributed by atoms with van der Waals surface area (Å²) in [7, 11) is 0. The Balaban J connectivity index is 1.87. The Bertz CT molecular complexity index is 476. The van der Waals surface area contributed by atoms with Gasteiger partial charge in [-0.15, -0.1) is 0 Å². The van der Waals surface area contributed by atoms with Gasteiger partial charge in [0.1, 0.15) is 0 Å². The van der Waals surface area contributed by atoms with Crippen molar-refractivity contribution < 1.29 is 14.6 Å². The monoisotopic (exact) mass is 264 g/mol. The number of aliphatic hydroxyl groups is 1. The summed E-state index contributed by atoms with van der Waals surface area (Å²) >= 11 is 0.